The van der Waals surface area contributed by atoms with Crippen LogP contribution in [0.2, 0.25) is 0 Å². The highest BCUT2D eigenvalue weighted by Gasteiger charge is 2.14. The van der Waals surface area contributed by atoms with Gasteiger partial charge in [-0.2, -0.15) is 0 Å². The van der Waals surface area contributed by atoms with E-state index in [4.69, 9.17) is 0 Å². The average Bonchev–Trinajstić information content (AvgIpc) is 2.92. The summed E-state index contributed by atoms with van der Waals surface area (Å²) >= 11 is 0. The molecule has 3 aromatic rings. The van der Waals surface area contributed by atoms with E-state index in [0.717, 1.165) is 48.3 Å². The van der Waals surface area contributed by atoms with Crippen LogP contribution in [0.3, 0.4) is 0 Å². The van der Waals surface area contributed by atoms with Crippen LogP contribution in [-0.2, 0) is 7.05 Å². The van der Waals surface area contributed by atoms with E-state index in [9.17, 15) is 5.11 Å². The smallest absolute Gasteiger partial charge is 0.200 e. The molecule has 1 aliphatic heterocycles. The van der Waals surface area contributed by atoms with Gasteiger partial charge in [0.2, 0.25) is 5.88 Å². The second-order valence-corrected chi connectivity index (χ2v) is 6.88. The highest BCUT2D eigenvalue weighted by Crippen LogP contribution is 2.29. The number of aliphatic imine (C=N–C) groups is 1. The molecular formula is C21H24N4O. The van der Waals surface area contributed by atoms with Crippen molar-refractivity contribution in [3.8, 4) is 5.88 Å². The lowest BCUT2D eigenvalue weighted by Gasteiger charge is -2.34. The van der Waals surface area contributed by atoms with Gasteiger partial charge in [0.25, 0.3) is 0 Å². The predicted molar refractivity (Wildman–Crippen MR) is 108 cm³/mol. The van der Waals surface area contributed by atoms with E-state index in [-0.39, 0.29) is 5.88 Å². The number of aromatic hydroxyl groups is 1. The highest BCUT2D eigenvalue weighted by molar-refractivity contribution is 6.03. The maximum absolute atomic E-state index is 10.4. The van der Waals surface area contributed by atoms with Crippen LogP contribution >= 0.6 is 0 Å². The molecular weight excluding hydrogens is 324 g/mol. The van der Waals surface area contributed by atoms with Crippen molar-refractivity contribution in [1.82, 2.24) is 9.47 Å². The lowest BCUT2D eigenvalue weighted by Crippen LogP contribution is -2.44. The van der Waals surface area contributed by atoms with Gasteiger partial charge in [0.1, 0.15) is 0 Å². The molecule has 2 aromatic carbocycles. The number of fused-ring (bicyclic) bond motifs is 1. The van der Waals surface area contributed by atoms with Crippen LogP contribution in [0.1, 0.15) is 5.56 Å². The molecule has 0 aliphatic carbocycles. The Bertz CT molecular complexity index is 935. The Morgan fingerprint density at radius 3 is 2.35 bits per heavy atom. The Morgan fingerprint density at radius 2 is 1.62 bits per heavy atom. The Balaban J connectivity index is 1.55. The third-order valence-electron chi connectivity index (χ3n) is 5.18. The first kappa shape index (κ1) is 16.7. The molecule has 5 heteroatoms. The van der Waals surface area contributed by atoms with Gasteiger partial charge in [0.05, 0.1) is 16.8 Å². The summed E-state index contributed by atoms with van der Waals surface area (Å²) in [5.41, 5.74) is 3.88. The van der Waals surface area contributed by atoms with Crippen LogP contribution in [-0.4, -0.2) is 54.0 Å². The molecule has 0 saturated carbocycles. The van der Waals surface area contributed by atoms with Crippen LogP contribution < -0.4 is 4.90 Å². The maximum Gasteiger partial charge on any atom is 0.200 e. The number of nitrogens with zero attached hydrogens (tertiary/aromatic N) is 4. The van der Waals surface area contributed by atoms with Crippen molar-refractivity contribution in [2.45, 2.75) is 0 Å². The number of anilines is 1. The average molecular weight is 348 g/mol. The van der Waals surface area contributed by atoms with Crippen molar-refractivity contribution in [1.29, 1.82) is 0 Å². The number of rotatable bonds is 3. The largest absolute Gasteiger partial charge is 0.494 e. The number of likely N-dealkylation sites (N-methyl/N-ethyl adjacent to an activating group) is 1. The maximum atomic E-state index is 10.4. The van der Waals surface area contributed by atoms with Crippen LogP contribution in [0, 0.1) is 0 Å². The van der Waals surface area contributed by atoms with Crippen molar-refractivity contribution in [2.75, 3.05) is 38.1 Å². The second kappa shape index (κ2) is 6.84. The molecule has 0 radical (unpaired) electrons. The van der Waals surface area contributed by atoms with Crippen molar-refractivity contribution in [2.24, 2.45) is 12.0 Å². The molecule has 4 rings (SSSR count). The van der Waals surface area contributed by atoms with E-state index in [2.05, 4.69) is 34.0 Å². The van der Waals surface area contributed by atoms with Gasteiger partial charge < -0.3 is 19.5 Å². The minimum atomic E-state index is 0.240. The first-order valence-electron chi connectivity index (χ1n) is 8.97. The van der Waals surface area contributed by atoms with Crippen LogP contribution in [0.4, 0.5) is 11.4 Å². The van der Waals surface area contributed by atoms with Crippen molar-refractivity contribution in [3.63, 3.8) is 0 Å². The SMILES string of the molecule is CN1CCN(c2ccc(N=Cc3c(O)n(C)c4ccccc34)cc2)CC1. The highest BCUT2D eigenvalue weighted by atomic mass is 16.3. The molecule has 2 heterocycles. The summed E-state index contributed by atoms with van der Waals surface area (Å²) in [4.78, 5) is 9.33. The summed E-state index contributed by atoms with van der Waals surface area (Å²) in [6, 6.07) is 16.3. The predicted octanol–water partition coefficient (Wildman–Crippen LogP) is 3.39. The summed E-state index contributed by atoms with van der Waals surface area (Å²) in [6.45, 7) is 4.31. The quantitative estimate of drug-likeness (QED) is 0.738. The monoisotopic (exact) mass is 348 g/mol. The standard InChI is InChI=1S/C21H24N4O/c1-23-11-13-25(14-12-23)17-9-7-16(8-10-17)22-15-19-18-5-3-4-6-20(18)24(2)21(19)26/h3-10,15,26H,11-14H2,1-2H3. The van der Waals surface area contributed by atoms with Gasteiger partial charge in [0, 0.05) is 50.5 Å². The minimum Gasteiger partial charge on any atom is -0.494 e. The fraction of sp³-hybridized carbons (Fsp3) is 0.286. The summed E-state index contributed by atoms with van der Waals surface area (Å²) in [7, 11) is 4.03. The van der Waals surface area contributed by atoms with Crippen LogP contribution in [0.15, 0.2) is 53.5 Å². The third kappa shape index (κ3) is 3.06. The zero-order valence-corrected chi connectivity index (χ0v) is 15.3. The number of aromatic nitrogens is 1. The lowest BCUT2D eigenvalue weighted by molar-refractivity contribution is 0.313. The molecule has 26 heavy (non-hydrogen) atoms. The van der Waals surface area contributed by atoms with E-state index < -0.39 is 0 Å². The van der Waals surface area contributed by atoms with Crippen molar-refractivity contribution >= 4 is 28.5 Å². The fourth-order valence-electron chi connectivity index (χ4n) is 3.49. The lowest BCUT2D eigenvalue weighted by atomic mass is 10.2. The zero-order chi connectivity index (χ0) is 18.1. The number of hydrogen-bond acceptors (Lipinski definition) is 4. The van der Waals surface area contributed by atoms with Gasteiger partial charge in [-0.25, -0.2) is 0 Å². The molecule has 0 amide bonds. The number of benzene rings is 2. The van der Waals surface area contributed by atoms with Gasteiger partial charge in [-0.05, 0) is 37.4 Å². The third-order valence-corrected chi connectivity index (χ3v) is 5.18. The Kier molecular flexibility index (Phi) is 4.39. The Labute approximate surface area is 153 Å². The topological polar surface area (TPSA) is 44.0 Å². The molecule has 1 aromatic heterocycles. The number of piperazine rings is 1. The number of para-hydroxylation sites is 1. The molecule has 134 valence electrons. The number of aryl methyl sites for hydroxylation is 1. The van der Waals surface area contributed by atoms with E-state index in [1.807, 2.05) is 43.4 Å². The van der Waals surface area contributed by atoms with Gasteiger partial charge in [-0.15, -0.1) is 0 Å². The number of hydrogen-bond donors (Lipinski definition) is 1. The summed E-state index contributed by atoms with van der Waals surface area (Å²) < 4.78 is 1.78. The van der Waals surface area contributed by atoms with E-state index in [1.54, 1.807) is 10.8 Å². The molecule has 0 unspecified atom stereocenters. The van der Waals surface area contributed by atoms with Crippen LogP contribution in [0.5, 0.6) is 5.88 Å². The van der Waals surface area contributed by atoms with Gasteiger partial charge in [0.15, 0.2) is 0 Å². The molecule has 5 nitrogen and oxygen atoms in total. The molecule has 0 spiro atoms. The van der Waals surface area contributed by atoms with E-state index in [0.29, 0.717) is 0 Å². The molecule has 0 bridgehead atoms. The molecule has 0 atom stereocenters. The van der Waals surface area contributed by atoms with Crippen LogP contribution in [0.25, 0.3) is 10.9 Å². The van der Waals surface area contributed by atoms with Crippen molar-refractivity contribution in [3.05, 3.63) is 54.1 Å². The Morgan fingerprint density at radius 1 is 0.923 bits per heavy atom. The first-order valence-corrected chi connectivity index (χ1v) is 8.97. The molecule has 1 saturated heterocycles. The Hall–Kier alpha value is -2.79. The van der Waals surface area contributed by atoms with Gasteiger partial charge >= 0.3 is 0 Å². The summed E-state index contributed by atoms with van der Waals surface area (Å²) in [6.07, 6.45) is 1.75. The van der Waals surface area contributed by atoms with Gasteiger partial charge in [-0.3, -0.25) is 4.99 Å². The van der Waals surface area contributed by atoms with E-state index >= 15 is 0 Å². The minimum absolute atomic E-state index is 0.240. The van der Waals surface area contributed by atoms with Gasteiger partial charge in [-0.1, -0.05) is 18.2 Å². The molecule has 1 fully saturated rings. The zero-order valence-electron chi connectivity index (χ0n) is 15.3. The van der Waals surface area contributed by atoms with E-state index in [1.165, 1.54) is 5.69 Å². The first-order chi connectivity index (χ1) is 12.6. The second-order valence-electron chi connectivity index (χ2n) is 6.88. The van der Waals surface area contributed by atoms with Crippen molar-refractivity contribution < 1.29 is 5.11 Å². The molecule has 1 aliphatic rings. The summed E-state index contributed by atoms with van der Waals surface area (Å²) in [5.74, 6) is 0.240. The fourth-order valence-corrected chi connectivity index (χ4v) is 3.49. The normalized spacial score (nSPS) is 16.0. The molecule has 1 N–H and O–H groups in total. The summed E-state index contributed by atoms with van der Waals surface area (Å²) in [5, 5.41) is 11.4.